The van der Waals surface area contributed by atoms with Crippen molar-refractivity contribution in [3.63, 3.8) is 0 Å². The lowest BCUT2D eigenvalue weighted by Gasteiger charge is -2.26. The van der Waals surface area contributed by atoms with Crippen molar-refractivity contribution in [2.75, 3.05) is 26.2 Å². The molecule has 21 nitrogen and oxygen atoms in total. The SMILES string of the molecule is NCC(=O)NCC(=O)NCC(=O)N[C@@H](CCCN=C(N)N)C(=O)N[C@@H](Cc1ccc(O)cc1)C(=O)N[C@@H](CC(=O)O)C(=O)N[C@@H](Cc1ccccc1)C(=O)O. The number of aliphatic imine (C=N–C) groups is 1. The number of hydrogen-bond acceptors (Lipinski definition) is 11. The maximum Gasteiger partial charge on any atom is 0.326 e. The molecule has 4 atom stereocenters. The summed E-state index contributed by atoms with van der Waals surface area (Å²) in [4.78, 5) is 104. The lowest BCUT2D eigenvalue weighted by molar-refractivity contribution is -0.143. The molecular weight excluding hydrogens is 724 g/mol. The van der Waals surface area contributed by atoms with Crippen molar-refractivity contribution < 1.29 is 53.7 Å². The molecule has 0 spiro atoms. The molecule has 298 valence electrons. The van der Waals surface area contributed by atoms with Crippen molar-refractivity contribution in [1.82, 2.24) is 31.9 Å². The third-order valence-corrected chi connectivity index (χ3v) is 7.59. The largest absolute Gasteiger partial charge is 0.508 e. The van der Waals surface area contributed by atoms with Crippen molar-refractivity contribution in [3.05, 3.63) is 65.7 Å². The van der Waals surface area contributed by atoms with Gasteiger partial charge in [0.2, 0.25) is 35.4 Å². The Morgan fingerprint density at radius 2 is 1.16 bits per heavy atom. The third-order valence-electron chi connectivity index (χ3n) is 7.59. The number of aromatic hydroxyl groups is 1. The fourth-order valence-corrected chi connectivity index (χ4v) is 4.84. The Kier molecular flexibility index (Phi) is 18.6. The lowest BCUT2D eigenvalue weighted by atomic mass is 10.0. The number of hydrogen-bond donors (Lipinski definition) is 12. The molecule has 0 aliphatic rings. The van der Waals surface area contributed by atoms with Gasteiger partial charge in [0.15, 0.2) is 5.96 Å². The molecule has 6 amide bonds. The molecule has 2 rings (SSSR count). The number of amides is 6. The van der Waals surface area contributed by atoms with Gasteiger partial charge in [-0.2, -0.15) is 0 Å². The van der Waals surface area contributed by atoms with Crippen LogP contribution in [0.1, 0.15) is 30.4 Å². The number of phenolic OH excluding ortho intramolecular Hbond substituents is 1. The Balaban J connectivity index is 2.31. The first-order chi connectivity index (χ1) is 26.1. The Labute approximate surface area is 314 Å². The predicted molar refractivity (Wildman–Crippen MR) is 195 cm³/mol. The van der Waals surface area contributed by atoms with Gasteiger partial charge in [-0.15, -0.1) is 0 Å². The normalized spacial score (nSPS) is 12.7. The van der Waals surface area contributed by atoms with E-state index in [0.717, 1.165) is 0 Å². The van der Waals surface area contributed by atoms with E-state index in [9.17, 15) is 53.7 Å². The molecule has 2 aromatic carbocycles. The fourth-order valence-electron chi connectivity index (χ4n) is 4.84. The van der Waals surface area contributed by atoms with Gasteiger partial charge < -0.3 is 64.4 Å². The molecule has 0 heterocycles. The molecular formula is C34H46N10O11. The molecule has 55 heavy (non-hydrogen) atoms. The van der Waals surface area contributed by atoms with E-state index in [1.54, 1.807) is 30.3 Å². The number of rotatable bonds is 23. The number of phenols is 1. The highest BCUT2D eigenvalue weighted by molar-refractivity contribution is 5.97. The highest BCUT2D eigenvalue weighted by atomic mass is 16.4. The highest BCUT2D eigenvalue weighted by Gasteiger charge is 2.32. The number of carboxylic acid groups (broad SMARTS) is 2. The van der Waals surface area contributed by atoms with Crippen molar-refractivity contribution in [2.45, 2.75) is 56.3 Å². The van der Waals surface area contributed by atoms with Crippen LogP contribution in [0.2, 0.25) is 0 Å². The van der Waals surface area contributed by atoms with Crippen molar-refractivity contribution >= 4 is 53.3 Å². The van der Waals surface area contributed by atoms with Gasteiger partial charge in [-0.05, 0) is 36.1 Å². The Morgan fingerprint density at radius 1 is 0.636 bits per heavy atom. The maximum atomic E-state index is 13.8. The van der Waals surface area contributed by atoms with E-state index in [2.05, 4.69) is 36.9 Å². The van der Waals surface area contributed by atoms with E-state index in [0.29, 0.717) is 11.1 Å². The highest BCUT2D eigenvalue weighted by Crippen LogP contribution is 2.13. The molecule has 0 radical (unpaired) electrons. The number of carbonyl (C=O) groups excluding carboxylic acids is 6. The molecule has 0 aliphatic carbocycles. The van der Waals surface area contributed by atoms with Crippen LogP contribution in [-0.4, -0.2) is 119 Å². The summed E-state index contributed by atoms with van der Waals surface area (Å²) in [6.07, 6.45) is -1.30. The zero-order valence-corrected chi connectivity index (χ0v) is 29.7. The van der Waals surface area contributed by atoms with E-state index in [-0.39, 0.29) is 50.5 Å². The minimum Gasteiger partial charge on any atom is -0.508 e. The van der Waals surface area contributed by atoms with Crippen molar-refractivity contribution in [1.29, 1.82) is 0 Å². The average Bonchev–Trinajstić information content (AvgIpc) is 3.14. The monoisotopic (exact) mass is 770 g/mol. The van der Waals surface area contributed by atoms with Crippen LogP contribution in [0.4, 0.5) is 0 Å². The lowest BCUT2D eigenvalue weighted by Crippen LogP contribution is -2.59. The van der Waals surface area contributed by atoms with Gasteiger partial charge in [0.05, 0.1) is 26.1 Å². The number of nitrogens with two attached hydrogens (primary N) is 3. The number of nitrogens with one attached hydrogen (secondary N) is 6. The summed E-state index contributed by atoms with van der Waals surface area (Å²) in [5, 5.41) is 43.0. The number of benzene rings is 2. The summed E-state index contributed by atoms with van der Waals surface area (Å²) in [6, 6.07) is 7.65. The molecule has 0 aromatic heterocycles. The van der Waals surface area contributed by atoms with E-state index >= 15 is 0 Å². The number of carbonyl (C=O) groups is 8. The standard InChI is InChI=1S/C34H46N10O11/c35-16-26(46)39-17-27(47)40-18-28(48)41-22(7-4-12-38-34(36)37)30(51)42-23(13-20-8-10-21(45)11-9-20)31(52)43-24(15-29(49)50)32(53)44-25(33(54)55)14-19-5-2-1-3-6-19/h1-3,5-6,8-11,22-25,45H,4,7,12-18,35H2,(H,39,46)(H,40,47)(H,41,48)(H,42,51)(H,43,52)(H,44,53)(H,49,50)(H,54,55)(H4,36,37,38)/t22-,23-,24-,25-/m0/s1. The number of aliphatic carboxylic acids is 2. The summed E-state index contributed by atoms with van der Waals surface area (Å²) in [5.41, 5.74) is 16.9. The summed E-state index contributed by atoms with van der Waals surface area (Å²) in [7, 11) is 0. The molecule has 0 saturated carbocycles. The summed E-state index contributed by atoms with van der Waals surface area (Å²) < 4.78 is 0. The van der Waals surface area contributed by atoms with Crippen LogP contribution in [0.5, 0.6) is 5.75 Å². The van der Waals surface area contributed by atoms with Crippen LogP contribution in [0.3, 0.4) is 0 Å². The fraction of sp³-hybridized carbons (Fsp3) is 0.382. The quantitative estimate of drug-likeness (QED) is 0.0291. The van der Waals surface area contributed by atoms with Gasteiger partial charge in [-0.3, -0.25) is 38.6 Å². The molecule has 15 N–H and O–H groups in total. The molecule has 0 fully saturated rings. The van der Waals surface area contributed by atoms with Gasteiger partial charge in [-0.1, -0.05) is 42.5 Å². The molecule has 0 aliphatic heterocycles. The second kappa shape index (κ2) is 23.0. The van der Waals surface area contributed by atoms with E-state index in [1.165, 1.54) is 24.3 Å². The summed E-state index contributed by atoms with van der Waals surface area (Å²) in [6.45, 7) is -1.39. The second-order valence-electron chi connectivity index (χ2n) is 12.0. The predicted octanol–water partition coefficient (Wildman–Crippen LogP) is -4.08. The van der Waals surface area contributed by atoms with Crippen molar-refractivity contribution in [2.24, 2.45) is 22.2 Å². The van der Waals surface area contributed by atoms with Gasteiger partial charge in [0.1, 0.15) is 29.9 Å². The molecule has 0 unspecified atom stereocenters. The number of nitrogens with zero attached hydrogens (tertiary/aromatic N) is 1. The number of carboxylic acids is 2. The van der Waals surface area contributed by atoms with E-state index in [1.807, 2.05) is 0 Å². The zero-order chi connectivity index (χ0) is 40.9. The minimum absolute atomic E-state index is 0.0462. The first-order valence-electron chi connectivity index (χ1n) is 16.8. The zero-order valence-electron chi connectivity index (χ0n) is 29.7. The first kappa shape index (κ1) is 44.4. The average molecular weight is 771 g/mol. The Morgan fingerprint density at radius 3 is 1.76 bits per heavy atom. The van der Waals surface area contributed by atoms with Crippen LogP contribution in [0, 0.1) is 0 Å². The Bertz CT molecular complexity index is 1690. The van der Waals surface area contributed by atoms with Crippen LogP contribution >= 0.6 is 0 Å². The molecule has 0 bridgehead atoms. The minimum atomic E-state index is -1.80. The van der Waals surface area contributed by atoms with Gasteiger partial charge in [-0.25, -0.2) is 4.79 Å². The molecule has 2 aromatic rings. The summed E-state index contributed by atoms with van der Waals surface area (Å²) >= 11 is 0. The van der Waals surface area contributed by atoms with Crippen LogP contribution in [-0.2, 0) is 51.2 Å². The second-order valence-corrected chi connectivity index (χ2v) is 12.0. The molecule has 0 saturated heterocycles. The van der Waals surface area contributed by atoms with E-state index < -0.39 is 91.1 Å². The first-order valence-corrected chi connectivity index (χ1v) is 16.8. The third kappa shape index (κ3) is 17.5. The van der Waals surface area contributed by atoms with Gasteiger partial charge in [0, 0.05) is 19.4 Å². The van der Waals surface area contributed by atoms with E-state index in [4.69, 9.17) is 17.2 Å². The van der Waals surface area contributed by atoms with Crippen LogP contribution in [0.25, 0.3) is 0 Å². The maximum absolute atomic E-state index is 13.8. The molecule has 21 heteroatoms. The number of guanidine groups is 1. The van der Waals surface area contributed by atoms with Gasteiger partial charge in [0.25, 0.3) is 0 Å². The summed E-state index contributed by atoms with van der Waals surface area (Å²) in [5.74, 6) is -8.50. The smallest absolute Gasteiger partial charge is 0.326 e. The Hall–Kier alpha value is -6.77. The van der Waals surface area contributed by atoms with Crippen LogP contribution in [0.15, 0.2) is 59.6 Å². The van der Waals surface area contributed by atoms with Crippen molar-refractivity contribution in [3.8, 4) is 5.75 Å². The van der Waals surface area contributed by atoms with Crippen LogP contribution < -0.4 is 49.1 Å². The topological polar surface area (TPSA) is 360 Å². The van der Waals surface area contributed by atoms with Gasteiger partial charge >= 0.3 is 11.9 Å².